The molecule has 0 fully saturated rings. The Bertz CT molecular complexity index is 260. The van der Waals surface area contributed by atoms with Crippen LogP contribution in [0.5, 0.6) is 0 Å². The summed E-state index contributed by atoms with van der Waals surface area (Å²) in [6, 6.07) is 3.91. The third-order valence-electron chi connectivity index (χ3n) is 1.87. The highest BCUT2D eigenvalue weighted by molar-refractivity contribution is 5.08. The van der Waals surface area contributed by atoms with E-state index >= 15 is 0 Å². The lowest BCUT2D eigenvalue weighted by atomic mass is 10.1. The molecule has 0 amide bonds. The molecule has 13 heavy (non-hydrogen) atoms. The van der Waals surface area contributed by atoms with Crippen molar-refractivity contribution in [3.63, 3.8) is 0 Å². The van der Waals surface area contributed by atoms with Gasteiger partial charge in [-0.25, -0.2) is 4.39 Å². The van der Waals surface area contributed by atoms with Gasteiger partial charge in [0.05, 0.1) is 6.54 Å². The van der Waals surface area contributed by atoms with Crippen LogP contribution in [0, 0.1) is 0 Å². The Hall–Kier alpha value is -0.830. The Morgan fingerprint density at radius 2 is 2.23 bits per heavy atom. The first-order chi connectivity index (χ1) is 6.03. The third kappa shape index (κ3) is 3.19. The molecule has 3 heteroatoms. The molecular weight excluding hydrogens is 167 g/mol. The van der Waals surface area contributed by atoms with Gasteiger partial charge in [-0.05, 0) is 38.9 Å². The fraction of sp³-hybridized carbons (Fsp3) is 0.600. The Balaban J connectivity index is 2.70. The molecule has 2 nitrogen and oxygen atoms in total. The molecule has 74 valence electrons. The molecule has 0 atom stereocenters. The first-order valence-corrected chi connectivity index (χ1v) is 4.56. The van der Waals surface area contributed by atoms with Gasteiger partial charge in [0.25, 0.3) is 0 Å². The molecule has 0 aliphatic carbocycles. The van der Waals surface area contributed by atoms with Crippen molar-refractivity contribution in [2.45, 2.75) is 32.5 Å². The molecule has 0 radical (unpaired) electrons. The van der Waals surface area contributed by atoms with Crippen LogP contribution in [0.4, 0.5) is 4.39 Å². The van der Waals surface area contributed by atoms with Gasteiger partial charge in [-0.15, -0.1) is 0 Å². The number of halogens is 1. The van der Waals surface area contributed by atoms with Gasteiger partial charge in [0.1, 0.15) is 5.67 Å². The summed E-state index contributed by atoms with van der Waals surface area (Å²) in [5.41, 5.74) is 5.39. The second kappa shape index (κ2) is 3.92. The lowest BCUT2D eigenvalue weighted by Gasteiger charge is -2.17. The van der Waals surface area contributed by atoms with Crippen LogP contribution in [0.2, 0.25) is 0 Å². The third-order valence-corrected chi connectivity index (χ3v) is 1.87. The largest absolute Gasteiger partial charge is 0.348 e. The van der Waals surface area contributed by atoms with Crippen molar-refractivity contribution in [2.24, 2.45) is 5.73 Å². The molecule has 2 N–H and O–H groups in total. The number of rotatable bonds is 4. The molecular formula is C10H17FN2. The maximum absolute atomic E-state index is 13.3. The number of aromatic nitrogens is 1. The van der Waals surface area contributed by atoms with Crippen LogP contribution in [0.15, 0.2) is 18.3 Å². The van der Waals surface area contributed by atoms with Crippen molar-refractivity contribution in [1.29, 1.82) is 0 Å². The van der Waals surface area contributed by atoms with Crippen molar-refractivity contribution in [2.75, 3.05) is 6.54 Å². The maximum Gasteiger partial charge on any atom is 0.123 e. The Morgan fingerprint density at radius 1 is 1.54 bits per heavy atom. The van der Waals surface area contributed by atoms with E-state index in [2.05, 4.69) is 0 Å². The lowest BCUT2D eigenvalue weighted by molar-refractivity contribution is 0.185. The van der Waals surface area contributed by atoms with E-state index in [1.165, 1.54) is 0 Å². The summed E-state index contributed by atoms with van der Waals surface area (Å²) in [5, 5.41) is 0. The fourth-order valence-electron chi connectivity index (χ4n) is 1.38. The quantitative estimate of drug-likeness (QED) is 0.759. The maximum atomic E-state index is 13.3. The molecule has 0 saturated heterocycles. The highest BCUT2D eigenvalue weighted by Gasteiger charge is 2.16. The zero-order valence-corrected chi connectivity index (χ0v) is 8.26. The fourth-order valence-corrected chi connectivity index (χ4v) is 1.38. The second-order valence-electron chi connectivity index (χ2n) is 3.88. The molecule has 0 aliphatic rings. The van der Waals surface area contributed by atoms with Gasteiger partial charge in [0.15, 0.2) is 0 Å². The summed E-state index contributed by atoms with van der Waals surface area (Å²) in [6.07, 6.45) is 2.70. The van der Waals surface area contributed by atoms with Gasteiger partial charge in [0, 0.05) is 11.9 Å². The number of nitrogens with zero attached hydrogens (tertiary/aromatic N) is 1. The van der Waals surface area contributed by atoms with Crippen molar-refractivity contribution < 1.29 is 4.39 Å². The van der Waals surface area contributed by atoms with Crippen molar-refractivity contribution in [1.82, 2.24) is 4.57 Å². The van der Waals surface area contributed by atoms with Crippen LogP contribution in [0.25, 0.3) is 0 Å². The standard InChI is InChI=1S/C10H17FN2/c1-10(2,11)8-13-7-3-4-9(13)5-6-12/h3-4,7H,5-6,8,12H2,1-2H3. The molecule has 0 saturated carbocycles. The van der Waals surface area contributed by atoms with E-state index < -0.39 is 5.67 Å². The number of alkyl halides is 1. The molecule has 1 aromatic heterocycles. The first kappa shape index (κ1) is 10.3. The van der Waals surface area contributed by atoms with E-state index in [1.54, 1.807) is 13.8 Å². The predicted molar refractivity (Wildman–Crippen MR) is 52.4 cm³/mol. The average molecular weight is 184 g/mol. The normalized spacial score (nSPS) is 12.0. The molecule has 1 rings (SSSR count). The van der Waals surface area contributed by atoms with Gasteiger partial charge in [0.2, 0.25) is 0 Å². The van der Waals surface area contributed by atoms with Gasteiger partial charge in [-0.2, -0.15) is 0 Å². The smallest absolute Gasteiger partial charge is 0.123 e. The van der Waals surface area contributed by atoms with Crippen LogP contribution in [-0.2, 0) is 13.0 Å². The predicted octanol–water partition coefficient (Wildman–Crippen LogP) is 1.74. The number of hydrogen-bond acceptors (Lipinski definition) is 1. The zero-order chi connectivity index (χ0) is 9.90. The van der Waals surface area contributed by atoms with Crippen LogP contribution < -0.4 is 5.73 Å². The van der Waals surface area contributed by atoms with E-state index in [4.69, 9.17) is 5.73 Å². The van der Waals surface area contributed by atoms with Gasteiger partial charge >= 0.3 is 0 Å². The van der Waals surface area contributed by atoms with Crippen LogP contribution in [0.3, 0.4) is 0 Å². The molecule has 1 heterocycles. The topological polar surface area (TPSA) is 30.9 Å². The van der Waals surface area contributed by atoms with Crippen molar-refractivity contribution >= 4 is 0 Å². The average Bonchev–Trinajstić information content (AvgIpc) is 2.34. The number of nitrogens with two attached hydrogens (primary N) is 1. The zero-order valence-electron chi connectivity index (χ0n) is 8.26. The molecule has 1 aromatic rings. The highest BCUT2D eigenvalue weighted by Crippen LogP contribution is 2.14. The summed E-state index contributed by atoms with van der Waals surface area (Å²) in [7, 11) is 0. The Morgan fingerprint density at radius 3 is 2.77 bits per heavy atom. The van der Waals surface area contributed by atoms with Gasteiger partial charge in [-0.1, -0.05) is 0 Å². The molecule has 0 unspecified atom stereocenters. The lowest BCUT2D eigenvalue weighted by Crippen LogP contribution is -2.22. The second-order valence-corrected chi connectivity index (χ2v) is 3.88. The SMILES string of the molecule is CC(C)(F)Cn1cccc1CCN. The molecule has 0 bridgehead atoms. The first-order valence-electron chi connectivity index (χ1n) is 4.56. The van der Waals surface area contributed by atoms with Crippen molar-refractivity contribution in [3.8, 4) is 0 Å². The van der Waals surface area contributed by atoms with E-state index in [9.17, 15) is 4.39 Å². The Labute approximate surface area is 78.5 Å². The highest BCUT2D eigenvalue weighted by atomic mass is 19.1. The van der Waals surface area contributed by atoms with E-state index in [0.717, 1.165) is 12.1 Å². The summed E-state index contributed by atoms with van der Waals surface area (Å²) in [4.78, 5) is 0. The van der Waals surface area contributed by atoms with E-state index in [-0.39, 0.29) is 0 Å². The van der Waals surface area contributed by atoms with Crippen LogP contribution in [0.1, 0.15) is 19.5 Å². The van der Waals surface area contributed by atoms with Crippen LogP contribution in [-0.4, -0.2) is 16.8 Å². The van der Waals surface area contributed by atoms with E-state index in [1.807, 2.05) is 22.9 Å². The minimum absolute atomic E-state index is 0.398. The van der Waals surface area contributed by atoms with Crippen LogP contribution >= 0.6 is 0 Å². The minimum Gasteiger partial charge on any atom is -0.348 e. The monoisotopic (exact) mass is 184 g/mol. The molecule has 0 spiro atoms. The molecule has 0 aromatic carbocycles. The summed E-state index contributed by atoms with van der Waals surface area (Å²) in [6.45, 7) is 4.17. The van der Waals surface area contributed by atoms with Crippen molar-refractivity contribution in [3.05, 3.63) is 24.0 Å². The summed E-state index contributed by atoms with van der Waals surface area (Å²) in [5.74, 6) is 0. The van der Waals surface area contributed by atoms with Gasteiger partial charge < -0.3 is 10.3 Å². The summed E-state index contributed by atoms with van der Waals surface area (Å²) >= 11 is 0. The molecule has 0 aliphatic heterocycles. The summed E-state index contributed by atoms with van der Waals surface area (Å²) < 4.78 is 15.2. The van der Waals surface area contributed by atoms with Gasteiger partial charge in [-0.3, -0.25) is 0 Å². The minimum atomic E-state index is -1.16. The number of hydrogen-bond donors (Lipinski definition) is 1. The Kier molecular flexibility index (Phi) is 3.09. The van der Waals surface area contributed by atoms with E-state index in [0.29, 0.717) is 13.1 Å².